The predicted molar refractivity (Wildman–Crippen MR) is 81.6 cm³/mol. The van der Waals surface area contributed by atoms with Gasteiger partial charge >= 0.3 is 0 Å². The molecule has 1 saturated heterocycles. The highest BCUT2D eigenvalue weighted by Gasteiger charge is 2.20. The van der Waals surface area contributed by atoms with Gasteiger partial charge in [-0.05, 0) is 36.9 Å². The zero-order chi connectivity index (χ0) is 13.8. The predicted octanol–water partition coefficient (Wildman–Crippen LogP) is 3.09. The molecule has 0 N–H and O–H groups in total. The molecule has 2 heterocycles. The van der Waals surface area contributed by atoms with Crippen molar-refractivity contribution in [1.29, 1.82) is 0 Å². The maximum absolute atomic E-state index is 5.31. The summed E-state index contributed by atoms with van der Waals surface area (Å²) < 4.78 is 5.31. The smallest absolute Gasteiger partial charge is 0.0746 e. The Morgan fingerprint density at radius 2 is 2.20 bits per heavy atom. The number of nitrogens with zero attached hydrogens (tertiary/aromatic N) is 2. The lowest BCUT2D eigenvalue weighted by atomic mass is 9.98. The number of aromatic nitrogens is 1. The molecule has 0 saturated carbocycles. The zero-order valence-corrected chi connectivity index (χ0v) is 12.1. The third-order valence-electron chi connectivity index (χ3n) is 4.12. The van der Waals surface area contributed by atoms with E-state index in [1.54, 1.807) is 7.11 Å². The summed E-state index contributed by atoms with van der Waals surface area (Å²) in [7, 11) is 1.80. The third kappa shape index (κ3) is 3.00. The van der Waals surface area contributed by atoms with Crippen LogP contribution in [-0.2, 0) is 11.3 Å². The van der Waals surface area contributed by atoms with E-state index in [4.69, 9.17) is 4.74 Å². The fraction of sp³-hybridized carbons (Fsp3) is 0.471. The van der Waals surface area contributed by atoms with Gasteiger partial charge in [0, 0.05) is 31.8 Å². The molecule has 0 spiro atoms. The van der Waals surface area contributed by atoms with Gasteiger partial charge in [-0.3, -0.25) is 9.88 Å². The average molecular weight is 270 g/mol. The Bertz CT molecular complexity index is 562. The SMILES string of the molecule is COCC1CCCN(Cc2cccc3cccnc23)C1. The van der Waals surface area contributed by atoms with Crippen LogP contribution in [0.5, 0.6) is 0 Å². The molecule has 0 amide bonds. The van der Waals surface area contributed by atoms with Gasteiger partial charge in [0.1, 0.15) is 0 Å². The summed E-state index contributed by atoms with van der Waals surface area (Å²) in [4.78, 5) is 7.09. The second-order valence-electron chi connectivity index (χ2n) is 5.69. The van der Waals surface area contributed by atoms with Crippen LogP contribution in [0, 0.1) is 5.92 Å². The number of para-hydroxylation sites is 1. The first kappa shape index (κ1) is 13.5. The third-order valence-corrected chi connectivity index (χ3v) is 4.12. The molecule has 2 aromatic rings. The first-order valence-corrected chi connectivity index (χ1v) is 7.41. The van der Waals surface area contributed by atoms with Crippen molar-refractivity contribution in [3.63, 3.8) is 0 Å². The summed E-state index contributed by atoms with van der Waals surface area (Å²) in [6, 6.07) is 10.6. The van der Waals surface area contributed by atoms with Crippen LogP contribution in [0.4, 0.5) is 0 Å². The number of likely N-dealkylation sites (tertiary alicyclic amines) is 1. The molecule has 20 heavy (non-hydrogen) atoms. The summed E-state index contributed by atoms with van der Waals surface area (Å²) in [5, 5.41) is 1.23. The zero-order valence-electron chi connectivity index (χ0n) is 12.1. The van der Waals surface area contributed by atoms with Gasteiger partial charge in [0.2, 0.25) is 0 Å². The Morgan fingerprint density at radius 3 is 3.10 bits per heavy atom. The number of piperidine rings is 1. The van der Waals surface area contributed by atoms with Crippen molar-refractivity contribution < 1.29 is 4.74 Å². The van der Waals surface area contributed by atoms with E-state index in [2.05, 4.69) is 34.1 Å². The van der Waals surface area contributed by atoms with E-state index >= 15 is 0 Å². The molecule has 3 heteroatoms. The lowest BCUT2D eigenvalue weighted by Crippen LogP contribution is -2.36. The molecule has 106 valence electrons. The van der Waals surface area contributed by atoms with Crippen molar-refractivity contribution in [2.45, 2.75) is 19.4 Å². The minimum absolute atomic E-state index is 0.677. The quantitative estimate of drug-likeness (QED) is 0.853. The monoisotopic (exact) mass is 270 g/mol. The number of hydrogen-bond donors (Lipinski definition) is 0. The summed E-state index contributed by atoms with van der Waals surface area (Å²) in [5.74, 6) is 0.677. The van der Waals surface area contributed by atoms with Crippen molar-refractivity contribution >= 4 is 10.9 Å². The van der Waals surface area contributed by atoms with Crippen molar-refractivity contribution in [2.75, 3.05) is 26.8 Å². The summed E-state index contributed by atoms with van der Waals surface area (Å²) in [5.41, 5.74) is 2.48. The number of benzene rings is 1. The second kappa shape index (κ2) is 6.33. The lowest BCUT2D eigenvalue weighted by Gasteiger charge is -2.32. The highest BCUT2D eigenvalue weighted by atomic mass is 16.5. The van der Waals surface area contributed by atoms with Gasteiger partial charge in [-0.1, -0.05) is 24.3 Å². The molecule has 3 nitrogen and oxygen atoms in total. The Labute approximate surface area is 120 Å². The van der Waals surface area contributed by atoms with Crippen LogP contribution in [0.2, 0.25) is 0 Å². The largest absolute Gasteiger partial charge is 0.384 e. The molecule has 1 aliphatic heterocycles. The van der Waals surface area contributed by atoms with Crippen molar-refractivity contribution in [1.82, 2.24) is 9.88 Å². The molecule has 1 aromatic carbocycles. The summed E-state index contributed by atoms with van der Waals surface area (Å²) in [6.45, 7) is 4.19. The first-order chi connectivity index (χ1) is 9.86. The van der Waals surface area contributed by atoms with E-state index in [1.807, 2.05) is 12.3 Å². The van der Waals surface area contributed by atoms with Gasteiger partial charge < -0.3 is 4.74 Å². The number of rotatable bonds is 4. The molecule has 1 unspecified atom stereocenters. The molecule has 0 aliphatic carbocycles. The average Bonchev–Trinajstić information content (AvgIpc) is 2.48. The normalized spacial score (nSPS) is 20.4. The molecule has 1 aromatic heterocycles. The van der Waals surface area contributed by atoms with E-state index in [0.29, 0.717) is 5.92 Å². The molecule has 0 radical (unpaired) electrons. The van der Waals surface area contributed by atoms with Crippen LogP contribution in [0.15, 0.2) is 36.5 Å². The van der Waals surface area contributed by atoms with Crippen LogP contribution in [-0.4, -0.2) is 36.7 Å². The van der Waals surface area contributed by atoms with Crippen LogP contribution in [0.3, 0.4) is 0 Å². The highest BCUT2D eigenvalue weighted by molar-refractivity contribution is 5.81. The number of methoxy groups -OCH3 is 1. The standard InChI is InChI=1S/C17H22N2O/c1-20-13-14-5-4-10-19(11-14)12-16-7-2-6-15-8-3-9-18-17(15)16/h2-3,6-9,14H,4-5,10-13H2,1H3. The Morgan fingerprint density at radius 1 is 1.30 bits per heavy atom. The minimum Gasteiger partial charge on any atom is -0.384 e. The minimum atomic E-state index is 0.677. The molecule has 1 fully saturated rings. The van der Waals surface area contributed by atoms with Gasteiger partial charge in [0.05, 0.1) is 12.1 Å². The second-order valence-corrected chi connectivity index (χ2v) is 5.69. The fourth-order valence-electron chi connectivity index (χ4n) is 3.20. The van der Waals surface area contributed by atoms with Gasteiger partial charge in [0.15, 0.2) is 0 Å². The number of pyridine rings is 1. The molecule has 1 atom stereocenters. The van der Waals surface area contributed by atoms with Crippen LogP contribution < -0.4 is 0 Å². The van der Waals surface area contributed by atoms with Gasteiger partial charge in [-0.15, -0.1) is 0 Å². The van der Waals surface area contributed by atoms with Crippen molar-refractivity contribution in [2.24, 2.45) is 5.92 Å². The molecule has 0 bridgehead atoms. The number of ether oxygens (including phenoxy) is 1. The van der Waals surface area contributed by atoms with E-state index in [9.17, 15) is 0 Å². The first-order valence-electron chi connectivity index (χ1n) is 7.41. The molecular formula is C17H22N2O. The fourth-order valence-corrected chi connectivity index (χ4v) is 3.20. The van der Waals surface area contributed by atoms with Crippen LogP contribution in [0.1, 0.15) is 18.4 Å². The van der Waals surface area contributed by atoms with Crippen LogP contribution in [0.25, 0.3) is 10.9 Å². The molecule has 3 rings (SSSR count). The van der Waals surface area contributed by atoms with Crippen LogP contribution >= 0.6 is 0 Å². The Balaban J connectivity index is 1.76. The Hall–Kier alpha value is -1.45. The maximum Gasteiger partial charge on any atom is 0.0746 e. The van der Waals surface area contributed by atoms with Gasteiger partial charge in [-0.25, -0.2) is 0 Å². The van der Waals surface area contributed by atoms with E-state index in [1.165, 1.54) is 30.3 Å². The van der Waals surface area contributed by atoms with Gasteiger partial charge in [0.25, 0.3) is 0 Å². The lowest BCUT2D eigenvalue weighted by molar-refractivity contribution is 0.0875. The van der Waals surface area contributed by atoms with Crippen molar-refractivity contribution in [3.05, 3.63) is 42.1 Å². The molecule has 1 aliphatic rings. The molecular weight excluding hydrogens is 248 g/mol. The van der Waals surface area contributed by atoms with E-state index in [0.717, 1.165) is 25.2 Å². The number of fused-ring (bicyclic) bond motifs is 1. The van der Waals surface area contributed by atoms with Crippen molar-refractivity contribution in [3.8, 4) is 0 Å². The summed E-state index contributed by atoms with van der Waals surface area (Å²) in [6.07, 6.45) is 4.44. The highest BCUT2D eigenvalue weighted by Crippen LogP contribution is 2.22. The van der Waals surface area contributed by atoms with E-state index in [-0.39, 0.29) is 0 Å². The summed E-state index contributed by atoms with van der Waals surface area (Å²) >= 11 is 0. The van der Waals surface area contributed by atoms with Gasteiger partial charge in [-0.2, -0.15) is 0 Å². The van der Waals surface area contributed by atoms with E-state index < -0.39 is 0 Å². The topological polar surface area (TPSA) is 25.4 Å². The maximum atomic E-state index is 5.31. The Kier molecular flexibility index (Phi) is 4.28. The number of hydrogen-bond acceptors (Lipinski definition) is 3.